The molecule has 4 rings (SSSR count). The lowest BCUT2D eigenvalue weighted by molar-refractivity contribution is -0.121. The molecule has 2 aliphatic rings. The Bertz CT molecular complexity index is 1030. The summed E-state index contributed by atoms with van der Waals surface area (Å²) >= 11 is 1.49. The maximum absolute atomic E-state index is 13.2. The van der Waals surface area contributed by atoms with Crippen LogP contribution in [0.2, 0.25) is 0 Å². The Morgan fingerprint density at radius 2 is 1.93 bits per heavy atom. The Hall–Kier alpha value is -2.20. The average molecular weight is 432 g/mol. The van der Waals surface area contributed by atoms with Crippen LogP contribution in [0, 0.1) is 5.92 Å². The van der Waals surface area contributed by atoms with Crippen LogP contribution in [0.15, 0.2) is 57.8 Å². The molecular weight excluding hydrogens is 410 g/mol. The molecule has 2 aromatic rings. The number of hydrogen-bond acceptors (Lipinski definition) is 6. The molecule has 0 radical (unpaired) electrons. The third-order valence-corrected chi connectivity index (χ3v) is 7.42. The van der Waals surface area contributed by atoms with Crippen LogP contribution in [0.4, 0.5) is 0 Å². The van der Waals surface area contributed by atoms with Crippen LogP contribution >= 0.6 is 11.3 Å². The van der Waals surface area contributed by atoms with Gasteiger partial charge in [-0.25, -0.2) is 13.4 Å². The monoisotopic (exact) mass is 431 g/mol. The van der Waals surface area contributed by atoms with Gasteiger partial charge in [0, 0.05) is 23.6 Å². The van der Waals surface area contributed by atoms with E-state index in [0.717, 1.165) is 10.6 Å². The summed E-state index contributed by atoms with van der Waals surface area (Å²) in [5.74, 6) is -0.607. The van der Waals surface area contributed by atoms with Crippen molar-refractivity contribution in [2.75, 3.05) is 19.8 Å². The molecule has 0 bridgehead atoms. The molecule has 0 spiro atoms. The van der Waals surface area contributed by atoms with E-state index in [-0.39, 0.29) is 30.6 Å². The lowest BCUT2D eigenvalue weighted by atomic mass is 9.97. The van der Waals surface area contributed by atoms with E-state index < -0.39 is 15.9 Å². The van der Waals surface area contributed by atoms with Gasteiger partial charge in [-0.1, -0.05) is 36.4 Å². The highest BCUT2D eigenvalue weighted by molar-refractivity contribution is 7.88. The SMILES string of the molecule is O=C1N=C(CN(Cc2cccs2)S(=O)(=O)Cc2ccccc2)N=C2CCOCC12. The number of rotatable bonds is 7. The maximum Gasteiger partial charge on any atom is 0.258 e. The molecule has 1 fully saturated rings. The molecule has 1 unspecified atom stereocenters. The molecular formula is C20H21N3O4S2. The van der Waals surface area contributed by atoms with Gasteiger partial charge in [0.05, 0.1) is 25.5 Å². The van der Waals surface area contributed by atoms with E-state index in [4.69, 9.17) is 4.74 Å². The number of amides is 1. The number of carbonyl (C=O) groups excluding carboxylic acids is 1. The summed E-state index contributed by atoms with van der Waals surface area (Å²) in [6.45, 7) is 0.994. The fraction of sp³-hybridized carbons (Fsp3) is 0.350. The maximum atomic E-state index is 13.2. The van der Waals surface area contributed by atoms with E-state index in [1.165, 1.54) is 15.6 Å². The van der Waals surface area contributed by atoms with Crippen LogP contribution in [0.1, 0.15) is 16.9 Å². The average Bonchev–Trinajstić information content (AvgIpc) is 3.21. The van der Waals surface area contributed by atoms with Crippen molar-refractivity contribution >= 4 is 38.8 Å². The van der Waals surface area contributed by atoms with E-state index in [2.05, 4.69) is 9.98 Å². The summed E-state index contributed by atoms with van der Waals surface area (Å²) in [5, 5.41) is 1.91. The Balaban J connectivity index is 1.59. The Labute approximate surface area is 173 Å². The number of benzene rings is 1. The minimum Gasteiger partial charge on any atom is -0.380 e. The van der Waals surface area contributed by atoms with Crippen molar-refractivity contribution < 1.29 is 17.9 Å². The quantitative estimate of drug-likeness (QED) is 0.674. The summed E-state index contributed by atoms with van der Waals surface area (Å²) in [6, 6.07) is 12.8. The van der Waals surface area contributed by atoms with E-state index in [1.807, 2.05) is 35.7 Å². The first kappa shape index (κ1) is 20.1. The van der Waals surface area contributed by atoms with Crippen molar-refractivity contribution in [1.82, 2.24) is 4.31 Å². The predicted octanol–water partition coefficient (Wildman–Crippen LogP) is 2.50. The molecule has 7 nitrogen and oxygen atoms in total. The number of aliphatic imine (C=N–C) groups is 2. The van der Waals surface area contributed by atoms with Crippen molar-refractivity contribution in [2.24, 2.45) is 15.9 Å². The van der Waals surface area contributed by atoms with Crippen molar-refractivity contribution in [3.63, 3.8) is 0 Å². The second kappa shape index (κ2) is 8.66. The molecule has 29 heavy (non-hydrogen) atoms. The first-order valence-electron chi connectivity index (χ1n) is 9.32. The van der Waals surface area contributed by atoms with E-state index in [1.54, 1.807) is 12.1 Å². The van der Waals surface area contributed by atoms with E-state index in [0.29, 0.717) is 25.2 Å². The summed E-state index contributed by atoms with van der Waals surface area (Å²) in [5.41, 5.74) is 1.45. The fourth-order valence-corrected chi connectivity index (χ4v) is 5.57. The smallest absolute Gasteiger partial charge is 0.258 e. The van der Waals surface area contributed by atoms with Gasteiger partial charge in [-0.15, -0.1) is 11.3 Å². The highest BCUT2D eigenvalue weighted by Gasteiger charge is 2.33. The Morgan fingerprint density at radius 3 is 2.69 bits per heavy atom. The first-order chi connectivity index (χ1) is 14.0. The fourth-order valence-electron chi connectivity index (χ4n) is 3.33. The van der Waals surface area contributed by atoms with Crippen LogP contribution in [-0.2, 0) is 31.9 Å². The van der Waals surface area contributed by atoms with Gasteiger partial charge in [0.1, 0.15) is 11.8 Å². The van der Waals surface area contributed by atoms with Gasteiger partial charge in [0.25, 0.3) is 5.91 Å². The second-order valence-corrected chi connectivity index (χ2v) is 9.94. The lowest BCUT2D eigenvalue weighted by Gasteiger charge is -2.27. The molecule has 1 atom stereocenters. The molecule has 2 aliphatic heterocycles. The molecule has 1 saturated heterocycles. The van der Waals surface area contributed by atoms with Crippen LogP contribution in [-0.4, -0.2) is 49.9 Å². The minimum atomic E-state index is -3.64. The highest BCUT2D eigenvalue weighted by atomic mass is 32.2. The third kappa shape index (κ3) is 4.87. The minimum absolute atomic E-state index is 0.0319. The lowest BCUT2D eigenvalue weighted by Crippen LogP contribution is -2.41. The van der Waals surface area contributed by atoms with Gasteiger partial charge in [0.2, 0.25) is 10.0 Å². The molecule has 1 aromatic heterocycles. The predicted molar refractivity (Wildman–Crippen MR) is 113 cm³/mol. The number of sulfonamides is 1. The van der Waals surface area contributed by atoms with Crippen molar-refractivity contribution in [3.8, 4) is 0 Å². The van der Waals surface area contributed by atoms with Gasteiger partial charge in [-0.2, -0.15) is 9.30 Å². The van der Waals surface area contributed by atoms with Gasteiger partial charge >= 0.3 is 0 Å². The van der Waals surface area contributed by atoms with E-state index >= 15 is 0 Å². The number of thiophene rings is 1. The standard InChI is InChI=1S/C20H21N3O4S2/c24-20-17-13-27-9-8-18(17)21-19(22-20)12-23(11-16-7-4-10-28-16)29(25,26)14-15-5-2-1-3-6-15/h1-7,10,17H,8-9,11-14H2. The number of amidine groups is 1. The van der Waals surface area contributed by atoms with Crippen LogP contribution in [0.5, 0.6) is 0 Å². The summed E-state index contributed by atoms with van der Waals surface area (Å²) < 4.78 is 33.1. The Morgan fingerprint density at radius 1 is 1.10 bits per heavy atom. The number of ether oxygens (including phenoxy) is 1. The van der Waals surface area contributed by atoms with Crippen LogP contribution < -0.4 is 0 Å². The van der Waals surface area contributed by atoms with Crippen molar-refractivity contribution in [2.45, 2.75) is 18.7 Å². The summed E-state index contributed by atoms with van der Waals surface area (Å²) in [7, 11) is -3.64. The van der Waals surface area contributed by atoms with Crippen molar-refractivity contribution in [1.29, 1.82) is 0 Å². The van der Waals surface area contributed by atoms with Crippen LogP contribution in [0.3, 0.4) is 0 Å². The molecule has 3 heterocycles. The van der Waals surface area contributed by atoms with Crippen molar-refractivity contribution in [3.05, 3.63) is 58.3 Å². The Kier molecular flexibility index (Phi) is 6.00. The highest BCUT2D eigenvalue weighted by Crippen LogP contribution is 2.21. The molecule has 9 heteroatoms. The molecule has 1 aromatic carbocycles. The molecule has 0 N–H and O–H groups in total. The first-order valence-corrected chi connectivity index (χ1v) is 11.8. The topological polar surface area (TPSA) is 88.4 Å². The molecule has 0 aliphatic carbocycles. The molecule has 152 valence electrons. The van der Waals surface area contributed by atoms with E-state index in [9.17, 15) is 13.2 Å². The van der Waals surface area contributed by atoms with Gasteiger partial charge in [-0.3, -0.25) is 4.79 Å². The second-order valence-electron chi connectivity index (χ2n) is 6.94. The zero-order valence-electron chi connectivity index (χ0n) is 15.7. The summed E-state index contributed by atoms with van der Waals surface area (Å²) in [6.07, 6.45) is 0.567. The zero-order chi connectivity index (χ0) is 20.3. The number of carbonyl (C=O) groups is 1. The van der Waals surface area contributed by atoms with Gasteiger partial charge < -0.3 is 4.74 Å². The van der Waals surface area contributed by atoms with Crippen LogP contribution in [0.25, 0.3) is 0 Å². The zero-order valence-corrected chi connectivity index (χ0v) is 17.4. The number of nitrogens with zero attached hydrogens (tertiary/aromatic N) is 3. The number of fused-ring (bicyclic) bond motifs is 1. The number of hydrogen-bond donors (Lipinski definition) is 0. The van der Waals surface area contributed by atoms with Gasteiger partial charge in [-0.05, 0) is 17.0 Å². The largest absolute Gasteiger partial charge is 0.380 e. The normalized spacial score (nSPS) is 19.6. The summed E-state index contributed by atoms with van der Waals surface area (Å²) in [4.78, 5) is 21.9. The third-order valence-electron chi connectivity index (χ3n) is 4.81. The molecule has 0 saturated carbocycles. The van der Waals surface area contributed by atoms with Gasteiger partial charge in [0.15, 0.2) is 0 Å². The molecule has 1 amide bonds.